The van der Waals surface area contributed by atoms with E-state index in [1.807, 2.05) is 0 Å². The summed E-state index contributed by atoms with van der Waals surface area (Å²) in [6.07, 6.45) is -0.283. The van der Waals surface area contributed by atoms with Gasteiger partial charge >= 0.3 is 11.9 Å². The minimum absolute atomic E-state index is 0.627. The van der Waals surface area contributed by atoms with Gasteiger partial charge < -0.3 is 5.11 Å². The van der Waals surface area contributed by atoms with E-state index in [2.05, 4.69) is 10.3 Å². The Morgan fingerprint density at radius 2 is 2.38 bits per heavy atom. The fraction of sp³-hybridized carbons (Fsp3) is 0.500. The number of carboxylic acid groups (broad SMARTS) is 1. The summed E-state index contributed by atoms with van der Waals surface area (Å²) in [5.41, 5.74) is -0.627. The Balaban J connectivity index is 2.86. The Kier molecular flexibility index (Phi) is 2.26. The minimum atomic E-state index is -3.46. The molecule has 0 radical (unpaired) electrons. The Bertz CT molecular complexity index is 323. The molecule has 1 aromatic rings. The standard InChI is InChI=1S/C6H7F2N3O2/c1-11-3-4(9-10-11)6(7,8)2-5(12)13/h3H,2H2,1H3,(H,12,13). The van der Waals surface area contributed by atoms with Crippen LogP contribution in [0.4, 0.5) is 8.78 Å². The number of carboxylic acids is 1. The number of hydrogen-bond donors (Lipinski definition) is 1. The molecule has 0 aliphatic rings. The zero-order valence-corrected chi connectivity index (χ0v) is 6.74. The smallest absolute Gasteiger partial charge is 0.309 e. The van der Waals surface area contributed by atoms with E-state index in [0.717, 1.165) is 10.9 Å². The summed E-state index contributed by atoms with van der Waals surface area (Å²) in [6.45, 7) is 0. The van der Waals surface area contributed by atoms with Gasteiger partial charge in [-0.15, -0.1) is 5.10 Å². The zero-order chi connectivity index (χ0) is 10.1. The molecule has 0 spiro atoms. The van der Waals surface area contributed by atoms with E-state index in [1.165, 1.54) is 7.05 Å². The number of aliphatic carboxylic acids is 1. The third-order valence-electron chi connectivity index (χ3n) is 1.35. The molecule has 0 saturated carbocycles. The Labute approximate surface area is 72.0 Å². The zero-order valence-electron chi connectivity index (χ0n) is 6.74. The van der Waals surface area contributed by atoms with Crippen molar-refractivity contribution in [3.63, 3.8) is 0 Å². The van der Waals surface area contributed by atoms with Gasteiger partial charge in [-0.25, -0.2) is 0 Å². The summed E-state index contributed by atoms with van der Waals surface area (Å²) in [4.78, 5) is 10.1. The van der Waals surface area contributed by atoms with Crippen molar-refractivity contribution >= 4 is 5.97 Å². The van der Waals surface area contributed by atoms with Gasteiger partial charge in [-0.3, -0.25) is 9.48 Å². The number of aromatic nitrogens is 3. The van der Waals surface area contributed by atoms with Crippen LogP contribution in [0, 0.1) is 0 Å². The van der Waals surface area contributed by atoms with Crippen molar-refractivity contribution in [1.29, 1.82) is 0 Å². The fourth-order valence-electron chi connectivity index (χ4n) is 0.795. The van der Waals surface area contributed by atoms with Gasteiger partial charge in [-0.1, -0.05) is 5.21 Å². The number of aryl methyl sites for hydroxylation is 1. The molecule has 0 bridgehead atoms. The monoisotopic (exact) mass is 191 g/mol. The summed E-state index contributed by atoms with van der Waals surface area (Å²) in [7, 11) is 1.42. The van der Waals surface area contributed by atoms with E-state index in [1.54, 1.807) is 0 Å². The predicted octanol–water partition coefficient (Wildman–Crippen LogP) is 0.382. The number of halogens is 2. The van der Waals surface area contributed by atoms with Crippen LogP contribution in [0.3, 0.4) is 0 Å². The third-order valence-corrected chi connectivity index (χ3v) is 1.35. The summed E-state index contributed by atoms with van der Waals surface area (Å²) in [5.74, 6) is -5.03. The van der Waals surface area contributed by atoms with E-state index in [4.69, 9.17) is 5.11 Å². The molecule has 0 aromatic carbocycles. The molecule has 0 fully saturated rings. The molecule has 13 heavy (non-hydrogen) atoms. The van der Waals surface area contributed by atoms with Crippen LogP contribution in [-0.4, -0.2) is 26.1 Å². The van der Waals surface area contributed by atoms with E-state index in [9.17, 15) is 13.6 Å². The van der Waals surface area contributed by atoms with Crippen LogP contribution in [0.15, 0.2) is 6.20 Å². The Morgan fingerprint density at radius 1 is 1.77 bits per heavy atom. The van der Waals surface area contributed by atoms with Crippen molar-refractivity contribution in [3.05, 3.63) is 11.9 Å². The van der Waals surface area contributed by atoms with Crippen molar-refractivity contribution in [2.45, 2.75) is 12.3 Å². The van der Waals surface area contributed by atoms with Gasteiger partial charge in [-0.2, -0.15) is 8.78 Å². The first-order valence-corrected chi connectivity index (χ1v) is 3.38. The summed E-state index contributed by atoms with van der Waals surface area (Å²) in [6, 6.07) is 0. The average molecular weight is 191 g/mol. The predicted molar refractivity (Wildman–Crippen MR) is 37.1 cm³/mol. The Morgan fingerprint density at radius 3 is 2.77 bits per heavy atom. The molecule has 0 unspecified atom stereocenters. The topological polar surface area (TPSA) is 68.0 Å². The van der Waals surface area contributed by atoms with Crippen LogP contribution in [0.1, 0.15) is 12.1 Å². The first-order valence-electron chi connectivity index (χ1n) is 3.38. The highest BCUT2D eigenvalue weighted by Crippen LogP contribution is 2.29. The molecule has 1 N–H and O–H groups in total. The van der Waals surface area contributed by atoms with Crippen LogP contribution in [0.2, 0.25) is 0 Å². The summed E-state index contributed by atoms with van der Waals surface area (Å²) < 4.78 is 26.9. The van der Waals surface area contributed by atoms with Gasteiger partial charge in [0.2, 0.25) is 0 Å². The number of carbonyl (C=O) groups is 1. The molecule has 0 aliphatic heterocycles. The van der Waals surface area contributed by atoms with Gasteiger partial charge in [0.25, 0.3) is 0 Å². The lowest BCUT2D eigenvalue weighted by Crippen LogP contribution is -2.18. The van der Waals surface area contributed by atoms with E-state index >= 15 is 0 Å². The van der Waals surface area contributed by atoms with Crippen molar-refractivity contribution in [2.75, 3.05) is 0 Å². The van der Waals surface area contributed by atoms with Crippen LogP contribution >= 0.6 is 0 Å². The quantitative estimate of drug-likeness (QED) is 0.749. The minimum Gasteiger partial charge on any atom is -0.481 e. The van der Waals surface area contributed by atoms with Crippen molar-refractivity contribution < 1.29 is 18.7 Å². The number of nitrogens with zero attached hydrogens (tertiary/aromatic N) is 3. The molecule has 0 amide bonds. The SMILES string of the molecule is Cn1cc(C(F)(F)CC(=O)O)nn1. The fourth-order valence-corrected chi connectivity index (χ4v) is 0.795. The van der Waals surface area contributed by atoms with Crippen molar-refractivity contribution in [2.24, 2.45) is 7.05 Å². The second kappa shape index (κ2) is 3.08. The lowest BCUT2D eigenvalue weighted by molar-refractivity contribution is -0.145. The van der Waals surface area contributed by atoms with E-state index in [-0.39, 0.29) is 0 Å². The van der Waals surface area contributed by atoms with Crippen LogP contribution < -0.4 is 0 Å². The molecule has 7 heteroatoms. The van der Waals surface area contributed by atoms with Crippen molar-refractivity contribution in [3.8, 4) is 0 Å². The van der Waals surface area contributed by atoms with Gasteiger partial charge in [0.05, 0.1) is 6.20 Å². The molecular weight excluding hydrogens is 184 g/mol. The normalized spacial score (nSPS) is 11.6. The second-order valence-electron chi connectivity index (χ2n) is 2.55. The maximum Gasteiger partial charge on any atom is 0.309 e. The number of rotatable bonds is 3. The first-order chi connectivity index (χ1) is 5.92. The molecular formula is C6H7F2N3O2. The highest BCUT2D eigenvalue weighted by molar-refractivity contribution is 5.68. The lowest BCUT2D eigenvalue weighted by Gasteiger charge is -2.08. The molecule has 0 aliphatic carbocycles. The summed E-state index contributed by atoms with van der Waals surface area (Å²) >= 11 is 0. The van der Waals surface area contributed by atoms with Gasteiger partial charge in [-0.05, 0) is 0 Å². The van der Waals surface area contributed by atoms with Crippen LogP contribution in [0.25, 0.3) is 0 Å². The molecule has 72 valence electrons. The van der Waals surface area contributed by atoms with Crippen LogP contribution in [0.5, 0.6) is 0 Å². The van der Waals surface area contributed by atoms with Gasteiger partial charge in [0.1, 0.15) is 6.42 Å². The molecule has 5 nitrogen and oxygen atoms in total. The third kappa shape index (κ3) is 2.20. The lowest BCUT2D eigenvalue weighted by atomic mass is 10.2. The molecule has 1 heterocycles. The molecule has 1 rings (SSSR count). The van der Waals surface area contributed by atoms with E-state index in [0.29, 0.717) is 0 Å². The average Bonchev–Trinajstić information content (AvgIpc) is 2.32. The highest BCUT2D eigenvalue weighted by Gasteiger charge is 2.37. The molecule has 0 atom stereocenters. The molecule has 1 aromatic heterocycles. The first kappa shape index (κ1) is 9.56. The molecule has 0 saturated heterocycles. The highest BCUT2D eigenvalue weighted by atomic mass is 19.3. The van der Waals surface area contributed by atoms with Gasteiger partial charge in [0.15, 0.2) is 5.69 Å². The maximum absolute atomic E-state index is 12.9. The van der Waals surface area contributed by atoms with Crippen molar-refractivity contribution in [1.82, 2.24) is 15.0 Å². The van der Waals surface area contributed by atoms with Gasteiger partial charge in [0, 0.05) is 7.05 Å². The van der Waals surface area contributed by atoms with Crippen LogP contribution in [-0.2, 0) is 17.8 Å². The number of alkyl halides is 2. The Hall–Kier alpha value is -1.53. The van der Waals surface area contributed by atoms with E-state index < -0.39 is 24.0 Å². The second-order valence-corrected chi connectivity index (χ2v) is 2.55. The summed E-state index contributed by atoms with van der Waals surface area (Å²) in [5, 5.41) is 14.6. The number of hydrogen-bond acceptors (Lipinski definition) is 3. The maximum atomic E-state index is 12.9. The largest absolute Gasteiger partial charge is 0.481 e.